The summed E-state index contributed by atoms with van der Waals surface area (Å²) in [5.41, 5.74) is 0.803. The van der Waals surface area contributed by atoms with Crippen LogP contribution in [-0.4, -0.2) is 34.8 Å². The second kappa shape index (κ2) is 5.82. The number of aryl methyl sites for hydroxylation is 1. The van der Waals surface area contributed by atoms with Crippen molar-refractivity contribution < 1.29 is 9.59 Å². The van der Waals surface area contributed by atoms with Gasteiger partial charge < -0.3 is 10.2 Å². The van der Waals surface area contributed by atoms with Gasteiger partial charge in [0.25, 0.3) is 0 Å². The Morgan fingerprint density at radius 1 is 1.32 bits per heavy atom. The molecule has 2 rings (SSSR count). The number of hydrogen-bond acceptors (Lipinski definition) is 3. The molecule has 0 atom stereocenters. The van der Waals surface area contributed by atoms with E-state index in [-0.39, 0.29) is 0 Å². The number of nitrogens with zero attached hydrogens (tertiary/aromatic N) is 2. The minimum atomic E-state index is -0.604. The molecular weight excluding hydrogens is 242 g/mol. The molecule has 0 bridgehead atoms. The van der Waals surface area contributed by atoms with Gasteiger partial charge in [0.2, 0.25) is 0 Å². The summed E-state index contributed by atoms with van der Waals surface area (Å²) >= 11 is 0. The second-order valence-corrected chi connectivity index (χ2v) is 5.09. The average molecular weight is 261 g/mol. The zero-order chi connectivity index (χ0) is 13.8. The number of rotatable bonds is 1. The Bertz CT molecular complexity index is 479. The molecule has 102 valence electrons. The molecule has 1 aliphatic rings. The van der Waals surface area contributed by atoms with Crippen LogP contribution < -0.4 is 5.32 Å². The van der Waals surface area contributed by atoms with Gasteiger partial charge in [0.15, 0.2) is 0 Å². The molecular formula is C14H19N3O2. The van der Waals surface area contributed by atoms with Gasteiger partial charge >= 0.3 is 11.8 Å². The van der Waals surface area contributed by atoms with Crippen molar-refractivity contribution in [2.45, 2.75) is 26.7 Å². The molecule has 5 nitrogen and oxygen atoms in total. The lowest BCUT2D eigenvalue weighted by Gasteiger charge is -2.29. The molecule has 19 heavy (non-hydrogen) atoms. The Morgan fingerprint density at radius 3 is 2.63 bits per heavy atom. The summed E-state index contributed by atoms with van der Waals surface area (Å²) in [6.07, 6.45) is 1.92. The quantitative estimate of drug-likeness (QED) is 0.781. The van der Waals surface area contributed by atoms with Gasteiger partial charge in [-0.15, -0.1) is 0 Å². The average Bonchev–Trinajstić information content (AvgIpc) is 2.39. The van der Waals surface area contributed by atoms with Crippen LogP contribution in [0.25, 0.3) is 0 Å². The van der Waals surface area contributed by atoms with E-state index in [0.717, 1.165) is 18.5 Å². The standard InChI is InChI=1S/C14H19N3O2/c1-10-6-8-17(9-7-10)14(19)13(18)16-12-5-3-4-11(2)15-12/h3-5,10H,6-9H2,1-2H3,(H,15,16,18). The first-order chi connectivity index (χ1) is 9.06. The van der Waals surface area contributed by atoms with Crippen LogP contribution in [-0.2, 0) is 9.59 Å². The molecule has 1 N–H and O–H groups in total. The third-order valence-electron chi connectivity index (χ3n) is 3.40. The fourth-order valence-electron chi connectivity index (χ4n) is 2.14. The molecule has 2 amide bonds. The monoisotopic (exact) mass is 261 g/mol. The molecule has 1 aromatic rings. The lowest BCUT2D eigenvalue weighted by molar-refractivity contribution is -0.144. The molecule has 0 aromatic carbocycles. The first kappa shape index (κ1) is 13.5. The van der Waals surface area contributed by atoms with Crippen LogP contribution in [0, 0.1) is 12.8 Å². The molecule has 0 saturated carbocycles. The number of carbonyl (C=O) groups excluding carboxylic acids is 2. The van der Waals surface area contributed by atoms with Crippen LogP contribution in [0.5, 0.6) is 0 Å². The van der Waals surface area contributed by atoms with Crippen molar-refractivity contribution in [1.82, 2.24) is 9.88 Å². The number of piperidine rings is 1. The van der Waals surface area contributed by atoms with E-state index in [1.165, 1.54) is 0 Å². The van der Waals surface area contributed by atoms with E-state index < -0.39 is 11.8 Å². The first-order valence-corrected chi connectivity index (χ1v) is 6.60. The van der Waals surface area contributed by atoms with E-state index in [0.29, 0.717) is 24.8 Å². The molecule has 1 saturated heterocycles. The maximum absolute atomic E-state index is 12.0. The van der Waals surface area contributed by atoms with E-state index in [1.54, 1.807) is 17.0 Å². The SMILES string of the molecule is Cc1cccc(NC(=O)C(=O)N2CCC(C)CC2)n1. The highest BCUT2D eigenvalue weighted by Crippen LogP contribution is 2.16. The number of hydrogen-bond donors (Lipinski definition) is 1. The van der Waals surface area contributed by atoms with Gasteiger partial charge in [-0.1, -0.05) is 13.0 Å². The van der Waals surface area contributed by atoms with Crippen molar-refractivity contribution in [2.75, 3.05) is 18.4 Å². The summed E-state index contributed by atoms with van der Waals surface area (Å²) in [6, 6.07) is 5.31. The van der Waals surface area contributed by atoms with Crippen LogP contribution >= 0.6 is 0 Å². The van der Waals surface area contributed by atoms with E-state index in [4.69, 9.17) is 0 Å². The third kappa shape index (κ3) is 3.53. The number of nitrogens with one attached hydrogen (secondary N) is 1. The molecule has 0 radical (unpaired) electrons. The lowest BCUT2D eigenvalue weighted by Crippen LogP contribution is -2.43. The Labute approximate surface area is 113 Å². The van der Waals surface area contributed by atoms with Gasteiger partial charge in [-0.25, -0.2) is 4.98 Å². The van der Waals surface area contributed by atoms with E-state index >= 15 is 0 Å². The number of likely N-dealkylation sites (tertiary alicyclic amines) is 1. The molecule has 2 heterocycles. The van der Waals surface area contributed by atoms with Crippen LogP contribution in [0.1, 0.15) is 25.5 Å². The Hall–Kier alpha value is -1.91. The fourth-order valence-corrected chi connectivity index (χ4v) is 2.14. The third-order valence-corrected chi connectivity index (χ3v) is 3.40. The molecule has 1 aliphatic heterocycles. The number of anilines is 1. The van der Waals surface area contributed by atoms with Crippen molar-refractivity contribution in [2.24, 2.45) is 5.92 Å². The highest BCUT2D eigenvalue weighted by Gasteiger charge is 2.25. The Balaban J connectivity index is 1.94. The molecule has 0 unspecified atom stereocenters. The maximum Gasteiger partial charge on any atom is 0.315 e. The van der Waals surface area contributed by atoms with Crippen LogP contribution in [0.3, 0.4) is 0 Å². The first-order valence-electron chi connectivity index (χ1n) is 6.60. The topological polar surface area (TPSA) is 62.3 Å². The maximum atomic E-state index is 12.0. The van der Waals surface area contributed by atoms with Crippen LogP contribution in [0.15, 0.2) is 18.2 Å². The van der Waals surface area contributed by atoms with Crippen LogP contribution in [0.4, 0.5) is 5.82 Å². The van der Waals surface area contributed by atoms with E-state index in [1.807, 2.05) is 13.0 Å². The van der Waals surface area contributed by atoms with Crippen molar-refractivity contribution in [3.63, 3.8) is 0 Å². The van der Waals surface area contributed by atoms with Crippen LogP contribution in [0.2, 0.25) is 0 Å². The summed E-state index contributed by atoms with van der Waals surface area (Å²) in [4.78, 5) is 29.6. The van der Waals surface area contributed by atoms with Gasteiger partial charge in [-0.2, -0.15) is 0 Å². The molecule has 5 heteroatoms. The van der Waals surface area contributed by atoms with Crippen molar-refractivity contribution in [1.29, 1.82) is 0 Å². The largest absolute Gasteiger partial charge is 0.334 e. The fraction of sp³-hybridized carbons (Fsp3) is 0.500. The van der Waals surface area contributed by atoms with Gasteiger partial charge in [0, 0.05) is 18.8 Å². The van der Waals surface area contributed by atoms with Crippen molar-refractivity contribution in [3.8, 4) is 0 Å². The summed E-state index contributed by atoms with van der Waals surface area (Å²) < 4.78 is 0. The summed E-state index contributed by atoms with van der Waals surface area (Å²) in [7, 11) is 0. The number of pyridine rings is 1. The second-order valence-electron chi connectivity index (χ2n) is 5.09. The highest BCUT2D eigenvalue weighted by atomic mass is 16.2. The van der Waals surface area contributed by atoms with Gasteiger partial charge in [0.05, 0.1) is 0 Å². The van der Waals surface area contributed by atoms with E-state index in [2.05, 4.69) is 17.2 Å². The highest BCUT2D eigenvalue weighted by molar-refractivity contribution is 6.39. The zero-order valence-electron chi connectivity index (χ0n) is 11.3. The Morgan fingerprint density at radius 2 is 2.00 bits per heavy atom. The molecule has 1 fully saturated rings. The Kier molecular flexibility index (Phi) is 4.14. The lowest BCUT2D eigenvalue weighted by atomic mass is 9.99. The number of amides is 2. The molecule has 0 aliphatic carbocycles. The normalized spacial score (nSPS) is 16.2. The predicted molar refractivity (Wildman–Crippen MR) is 72.6 cm³/mol. The van der Waals surface area contributed by atoms with Crippen molar-refractivity contribution >= 4 is 17.6 Å². The summed E-state index contributed by atoms with van der Waals surface area (Å²) in [5.74, 6) is -0.0165. The summed E-state index contributed by atoms with van der Waals surface area (Å²) in [6.45, 7) is 5.32. The molecule has 0 spiro atoms. The zero-order valence-corrected chi connectivity index (χ0v) is 11.3. The molecule has 1 aromatic heterocycles. The minimum Gasteiger partial charge on any atom is -0.334 e. The smallest absolute Gasteiger partial charge is 0.315 e. The predicted octanol–water partition coefficient (Wildman–Crippen LogP) is 1.59. The van der Waals surface area contributed by atoms with Gasteiger partial charge in [-0.3, -0.25) is 9.59 Å². The summed E-state index contributed by atoms with van der Waals surface area (Å²) in [5, 5.41) is 2.55. The number of carbonyl (C=O) groups is 2. The number of aromatic nitrogens is 1. The minimum absolute atomic E-state index is 0.420. The van der Waals surface area contributed by atoms with Gasteiger partial charge in [0.1, 0.15) is 5.82 Å². The van der Waals surface area contributed by atoms with E-state index in [9.17, 15) is 9.59 Å². The van der Waals surface area contributed by atoms with Gasteiger partial charge in [-0.05, 0) is 37.8 Å². The van der Waals surface area contributed by atoms with Crippen molar-refractivity contribution in [3.05, 3.63) is 23.9 Å².